The van der Waals surface area contributed by atoms with Crippen molar-refractivity contribution in [2.45, 2.75) is 38.3 Å². The number of carbonyl (C=O) groups is 2. The molecule has 3 amide bonds. The number of urea groups is 1. The molecule has 2 saturated heterocycles. The highest BCUT2D eigenvalue weighted by Crippen LogP contribution is 2.24. The van der Waals surface area contributed by atoms with Crippen molar-refractivity contribution in [1.29, 1.82) is 0 Å². The van der Waals surface area contributed by atoms with Crippen molar-refractivity contribution in [3.05, 3.63) is 58.3 Å². The van der Waals surface area contributed by atoms with E-state index in [-0.39, 0.29) is 23.9 Å². The van der Waals surface area contributed by atoms with E-state index in [9.17, 15) is 9.59 Å². The van der Waals surface area contributed by atoms with Gasteiger partial charge in [0.25, 0.3) is 0 Å². The fraction of sp³-hybridized carbons (Fsp3) is 0.458. The molecule has 2 aromatic rings. The van der Waals surface area contributed by atoms with Crippen LogP contribution in [0, 0.1) is 5.92 Å². The van der Waals surface area contributed by atoms with Crippen molar-refractivity contribution >= 4 is 40.8 Å². The number of likely N-dealkylation sites (tertiary alicyclic amines) is 2. The van der Waals surface area contributed by atoms with Gasteiger partial charge in [0, 0.05) is 59.7 Å². The van der Waals surface area contributed by atoms with Gasteiger partial charge in [-0.3, -0.25) is 14.7 Å². The van der Waals surface area contributed by atoms with Gasteiger partial charge >= 0.3 is 6.03 Å². The standard InChI is InChI=1S/C24H29Cl2N5O2/c25-19-13-20(26)15-22(14-19)29-24(33)28-21-5-11-31(12-6-21)23(32)18-3-9-30(10-4-18)16-17-1-7-27-8-2-17/h1-2,7-8,13-15,18,21H,3-6,9-12,16H2,(H2,28,29,33). The first-order valence-electron chi connectivity index (χ1n) is 11.4. The van der Waals surface area contributed by atoms with Crippen LogP contribution in [0.15, 0.2) is 42.7 Å². The SMILES string of the molecule is O=C(Nc1cc(Cl)cc(Cl)c1)NC1CCN(C(=O)C2CCN(Cc3ccncc3)CC2)CC1. The Morgan fingerprint density at radius 2 is 1.58 bits per heavy atom. The van der Waals surface area contributed by atoms with E-state index in [1.54, 1.807) is 18.2 Å². The van der Waals surface area contributed by atoms with Gasteiger partial charge in [0.05, 0.1) is 0 Å². The Balaban J connectivity index is 1.18. The summed E-state index contributed by atoms with van der Waals surface area (Å²) in [5, 5.41) is 6.69. The summed E-state index contributed by atoms with van der Waals surface area (Å²) in [7, 11) is 0. The van der Waals surface area contributed by atoms with Crippen LogP contribution in [0.3, 0.4) is 0 Å². The van der Waals surface area contributed by atoms with Crippen molar-refractivity contribution in [3.8, 4) is 0 Å². The Labute approximate surface area is 204 Å². The second-order valence-electron chi connectivity index (χ2n) is 8.76. The number of anilines is 1. The van der Waals surface area contributed by atoms with Gasteiger partial charge in [-0.05, 0) is 74.7 Å². The maximum atomic E-state index is 13.0. The van der Waals surface area contributed by atoms with Gasteiger partial charge in [-0.2, -0.15) is 0 Å². The van der Waals surface area contributed by atoms with Gasteiger partial charge in [0.1, 0.15) is 0 Å². The number of carbonyl (C=O) groups excluding carboxylic acids is 2. The first kappa shape index (κ1) is 23.8. The third kappa shape index (κ3) is 6.82. The summed E-state index contributed by atoms with van der Waals surface area (Å²) in [6.07, 6.45) is 6.92. The van der Waals surface area contributed by atoms with Gasteiger partial charge in [0.15, 0.2) is 0 Å². The molecule has 2 aliphatic rings. The van der Waals surface area contributed by atoms with E-state index in [0.29, 0.717) is 28.8 Å². The van der Waals surface area contributed by atoms with Crippen LogP contribution in [0.1, 0.15) is 31.2 Å². The van der Waals surface area contributed by atoms with Gasteiger partial charge < -0.3 is 15.5 Å². The number of aromatic nitrogens is 1. The summed E-state index contributed by atoms with van der Waals surface area (Å²) in [4.78, 5) is 33.8. The number of nitrogens with one attached hydrogen (secondary N) is 2. The summed E-state index contributed by atoms with van der Waals surface area (Å²) in [5.41, 5.74) is 1.81. The molecule has 0 unspecified atom stereocenters. The lowest BCUT2D eigenvalue weighted by Crippen LogP contribution is -2.50. The topological polar surface area (TPSA) is 77.6 Å². The van der Waals surface area contributed by atoms with E-state index in [1.807, 2.05) is 29.4 Å². The highest BCUT2D eigenvalue weighted by molar-refractivity contribution is 6.35. The number of piperidine rings is 2. The molecule has 2 aliphatic heterocycles. The molecule has 176 valence electrons. The highest BCUT2D eigenvalue weighted by atomic mass is 35.5. The van der Waals surface area contributed by atoms with Gasteiger partial charge in [-0.1, -0.05) is 23.2 Å². The van der Waals surface area contributed by atoms with Gasteiger partial charge in [0.2, 0.25) is 5.91 Å². The first-order chi connectivity index (χ1) is 16.0. The van der Waals surface area contributed by atoms with Gasteiger partial charge in [-0.15, -0.1) is 0 Å². The minimum atomic E-state index is -0.292. The van der Waals surface area contributed by atoms with Crippen LogP contribution in [-0.4, -0.2) is 58.9 Å². The normalized spacial score (nSPS) is 18.2. The van der Waals surface area contributed by atoms with Crippen molar-refractivity contribution in [3.63, 3.8) is 0 Å². The molecule has 33 heavy (non-hydrogen) atoms. The molecule has 2 N–H and O–H groups in total. The summed E-state index contributed by atoms with van der Waals surface area (Å²) in [5.74, 6) is 0.356. The lowest BCUT2D eigenvalue weighted by Gasteiger charge is -2.37. The second-order valence-corrected chi connectivity index (χ2v) is 9.63. The van der Waals surface area contributed by atoms with Crippen molar-refractivity contribution < 1.29 is 9.59 Å². The highest BCUT2D eigenvalue weighted by Gasteiger charge is 2.31. The van der Waals surface area contributed by atoms with E-state index in [4.69, 9.17) is 23.2 Å². The van der Waals surface area contributed by atoms with E-state index in [0.717, 1.165) is 45.3 Å². The van der Waals surface area contributed by atoms with Crippen LogP contribution in [0.2, 0.25) is 10.0 Å². The molecule has 2 fully saturated rings. The summed E-state index contributed by atoms with van der Waals surface area (Å²) < 4.78 is 0. The molecule has 0 aliphatic carbocycles. The minimum absolute atomic E-state index is 0.0333. The molecule has 0 radical (unpaired) electrons. The average molecular weight is 490 g/mol. The lowest BCUT2D eigenvalue weighted by molar-refractivity contribution is -0.138. The quantitative estimate of drug-likeness (QED) is 0.651. The van der Waals surface area contributed by atoms with Crippen LogP contribution < -0.4 is 10.6 Å². The molecule has 0 atom stereocenters. The van der Waals surface area contributed by atoms with E-state index in [1.165, 1.54) is 5.56 Å². The molecular weight excluding hydrogens is 461 g/mol. The Morgan fingerprint density at radius 1 is 0.939 bits per heavy atom. The summed E-state index contributed by atoms with van der Waals surface area (Å²) in [6, 6.07) is 8.74. The van der Waals surface area contributed by atoms with Gasteiger partial charge in [-0.25, -0.2) is 4.79 Å². The monoisotopic (exact) mass is 489 g/mol. The first-order valence-corrected chi connectivity index (χ1v) is 12.2. The Hall–Kier alpha value is -2.35. The molecule has 0 spiro atoms. The average Bonchev–Trinajstić information content (AvgIpc) is 2.79. The number of nitrogens with zero attached hydrogens (tertiary/aromatic N) is 3. The molecule has 0 saturated carbocycles. The van der Waals surface area contributed by atoms with Crippen molar-refractivity contribution in [2.75, 3.05) is 31.5 Å². The largest absolute Gasteiger partial charge is 0.342 e. The zero-order chi connectivity index (χ0) is 23.2. The number of amides is 3. The maximum Gasteiger partial charge on any atom is 0.319 e. The summed E-state index contributed by atoms with van der Waals surface area (Å²) in [6.45, 7) is 4.12. The van der Waals surface area contributed by atoms with Crippen molar-refractivity contribution in [2.24, 2.45) is 5.92 Å². The molecule has 7 nitrogen and oxygen atoms in total. The predicted octanol–water partition coefficient (Wildman–Crippen LogP) is 4.41. The van der Waals surface area contributed by atoms with E-state index < -0.39 is 0 Å². The molecule has 1 aromatic heterocycles. The predicted molar refractivity (Wildman–Crippen MR) is 130 cm³/mol. The fourth-order valence-electron chi connectivity index (χ4n) is 4.57. The van der Waals surface area contributed by atoms with Crippen LogP contribution in [0.25, 0.3) is 0 Å². The number of rotatable bonds is 5. The third-order valence-corrected chi connectivity index (χ3v) is 6.79. The molecule has 1 aromatic carbocycles. The van der Waals surface area contributed by atoms with Crippen LogP contribution >= 0.6 is 23.2 Å². The third-order valence-electron chi connectivity index (χ3n) is 6.35. The number of hydrogen-bond acceptors (Lipinski definition) is 4. The zero-order valence-electron chi connectivity index (χ0n) is 18.5. The minimum Gasteiger partial charge on any atom is -0.342 e. The Kier molecular flexibility index (Phi) is 8.06. The maximum absolute atomic E-state index is 13.0. The van der Waals surface area contributed by atoms with Crippen molar-refractivity contribution in [1.82, 2.24) is 20.1 Å². The smallest absolute Gasteiger partial charge is 0.319 e. The molecule has 0 bridgehead atoms. The molecule has 3 heterocycles. The summed E-state index contributed by atoms with van der Waals surface area (Å²) >= 11 is 12.0. The van der Waals surface area contributed by atoms with E-state index >= 15 is 0 Å². The Bertz CT molecular complexity index is 938. The molecule has 9 heteroatoms. The molecular formula is C24H29Cl2N5O2. The number of hydrogen-bond donors (Lipinski definition) is 2. The number of pyridine rings is 1. The van der Waals surface area contributed by atoms with Crippen LogP contribution in [-0.2, 0) is 11.3 Å². The van der Waals surface area contributed by atoms with E-state index in [2.05, 4.69) is 20.5 Å². The lowest BCUT2D eigenvalue weighted by atomic mass is 9.93. The van der Waals surface area contributed by atoms with Crippen LogP contribution in [0.5, 0.6) is 0 Å². The number of benzene rings is 1. The fourth-order valence-corrected chi connectivity index (χ4v) is 5.09. The Morgan fingerprint density at radius 3 is 2.21 bits per heavy atom. The number of halogens is 2. The second kappa shape index (κ2) is 11.2. The zero-order valence-corrected chi connectivity index (χ0v) is 20.0. The molecule has 4 rings (SSSR count). The van der Waals surface area contributed by atoms with Crippen LogP contribution in [0.4, 0.5) is 10.5 Å².